The normalized spacial score (nSPS) is 22.7. The van der Waals surface area contributed by atoms with Gasteiger partial charge in [-0.2, -0.15) is 0 Å². The van der Waals surface area contributed by atoms with Gasteiger partial charge in [-0.1, -0.05) is 37.6 Å². The molecule has 0 bridgehead atoms. The molecule has 0 aromatic heterocycles. The van der Waals surface area contributed by atoms with E-state index in [4.69, 9.17) is 4.74 Å². The molecular formula is C26H34N2O2. The molecular weight excluding hydrogens is 372 g/mol. The molecule has 0 unspecified atom stereocenters. The van der Waals surface area contributed by atoms with Gasteiger partial charge in [-0.05, 0) is 67.0 Å². The first-order chi connectivity index (χ1) is 14.7. The van der Waals surface area contributed by atoms with Crippen LogP contribution >= 0.6 is 0 Å². The molecule has 0 spiro atoms. The molecule has 160 valence electrons. The molecule has 1 saturated heterocycles. The Balaban J connectivity index is 1.32. The molecule has 1 aliphatic heterocycles. The molecule has 0 radical (unpaired) electrons. The number of nitrogens with zero attached hydrogens (tertiary/aromatic N) is 2. The summed E-state index contributed by atoms with van der Waals surface area (Å²) >= 11 is 0. The Kier molecular flexibility index (Phi) is 6.73. The lowest BCUT2D eigenvalue weighted by molar-refractivity contribution is 0.0601. The van der Waals surface area contributed by atoms with Crippen LogP contribution in [0.4, 0.5) is 5.69 Å². The number of carbonyl (C=O) groups is 1. The van der Waals surface area contributed by atoms with E-state index in [9.17, 15) is 4.79 Å². The van der Waals surface area contributed by atoms with E-state index in [1.54, 1.807) is 0 Å². The second kappa shape index (κ2) is 9.65. The van der Waals surface area contributed by atoms with Gasteiger partial charge in [0.05, 0.1) is 12.7 Å². The number of benzene rings is 2. The van der Waals surface area contributed by atoms with Gasteiger partial charge in [-0.3, -0.25) is 4.90 Å². The van der Waals surface area contributed by atoms with Crippen molar-refractivity contribution in [3.63, 3.8) is 0 Å². The summed E-state index contributed by atoms with van der Waals surface area (Å²) in [6.45, 7) is 6.92. The highest BCUT2D eigenvalue weighted by Crippen LogP contribution is 2.31. The summed E-state index contributed by atoms with van der Waals surface area (Å²) in [5.41, 5.74) is 4.17. The van der Waals surface area contributed by atoms with Gasteiger partial charge >= 0.3 is 5.97 Å². The fourth-order valence-corrected chi connectivity index (χ4v) is 5.04. The molecule has 1 heterocycles. The summed E-state index contributed by atoms with van der Waals surface area (Å²) < 4.78 is 4.77. The third-order valence-corrected chi connectivity index (χ3v) is 7.10. The third kappa shape index (κ3) is 4.70. The van der Waals surface area contributed by atoms with Crippen LogP contribution in [0.5, 0.6) is 0 Å². The van der Waals surface area contributed by atoms with Crippen LogP contribution in [0.2, 0.25) is 0 Å². The summed E-state index contributed by atoms with van der Waals surface area (Å²) in [6, 6.07) is 17.2. The maximum absolute atomic E-state index is 11.6. The fraction of sp³-hybridized carbons (Fsp3) is 0.500. The molecule has 2 aromatic rings. The minimum absolute atomic E-state index is 0.297. The van der Waals surface area contributed by atoms with Gasteiger partial charge in [0.1, 0.15) is 0 Å². The fourth-order valence-electron chi connectivity index (χ4n) is 5.04. The minimum atomic E-state index is -0.297. The second-order valence-electron chi connectivity index (χ2n) is 8.72. The zero-order valence-electron chi connectivity index (χ0n) is 18.3. The predicted molar refractivity (Wildman–Crippen MR) is 123 cm³/mol. The lowest BCUT2D eigenvalue weighted by atomic mass is 9.84. The van der Waals surface area contributed by atoms with Crippen LogP contribution in [0, 0.1) is 5.92 Å². The molecule has 30 heavy (non-hydrogen) atoms. The molecule has 4 rings (SSSR count). The average Bonchev–Trinajstić information content (AvgIpc) is 2.84. The lowest BCUT2D eigenvalue weighted by Gasteiger charge is -2.42. The van der Waals surface area contributed by atoms with Crippen molar-refractivity contribution in [2.24, 2.45) is 5.92 Å². The summed E-state index contributed by atoms with van der Waals surface area (Å²) in [6.07, 6.45) is 6.97. The highest BCUT2D eigenvalue weighted by Gasteiger charge is 2.27. The van der Waals surface area contributed by atoms with Crippen molar-refractivity contribution in [2.45, 2.75) is 45.1 Å². The number of hydrogen-bond donors (Lipinski definition) is 0. The molecule has 0 atom stereocenters. The number of esters is 1. The van der Waals surface area contributed by atoms with Gasteiger partial charge in [-0.25, -0.2) is 4.79 Å². The van der Waals surface area contributed by atoms with Gasteiger partial charge in [-0.15, -0.1) is 0 Å². The molecule has 4 heteroatoms. The first kappa shape index (κ1) is 20.9. The van der Waals surface area contributed by atoms with Crippen molar-refractivity contribution in [1.82, 2.24) is 4.90 Å². The first-order valence-electron chi connectivity index (χ1n) is 11.5. The van der Waals surface area contributed by atoms with Crippen LogP contribution in [0.3, 0.4) is 0 Å². The Labute approximate surface area is 180 Å². The number of ether oxygens (including phenoxy) is 1. The van der Waals surface area contributed by atoms with Crippen LogP contribution in [-0.4, -0.2) is 50.2 Å². The number of hydrogen-bond acceptors (Lipinski definition) is 4. The van der Waals surface area contributed by atoms with E-state index >= 15 is 0 Å². The topological polar surface area (TPSA) is 32.8 Å². The average molecular weight is 407 g/mol. The predicted octanol–water partition coefficient (Wildman–Crippen LogP) is 5.23. The Bertz CT molecular complexity index is 815. The van der Waals surface area contributed by atoms with Gasteiger partial charge in [0.2, 0.25) is 0 Å². The van der Waals surface area contributed by atoms with Crippen molar-refractivity contribution in [3.8, 4) is 11.1 Å². The molecule has 2 aliphatic rings. The molecule has 0 N–H and O–H groups in total. The number of methoxy groups -OCH3 is 1. The molecule has 4 nitrogen and oxygen atoms in total. The van der Waals surface area contributed by atoms with E-state index < -0.39 is 0 Å². The Hall–Kier alpha value is -2.33. The Morgan fingerprint density at radius 1 is 0.867 bits per heavy atom. The Morgan fingerprint density at radius 2 is 1.43 bits per heavy atom. The van der Waals surface area contributed by atoms with Crippen molar-refractivity contribution in [2.75, 3.05) is 38.2 Å². The molecule has 0 amide bonds. The highest BCUT2D eigenvalue weighted by atomic mass is 16.5. The van der Waals surface area contributed by atoms with E-state index in [1.807, 2.05) is 24.3 Å². The van der Waals surface area contributed by atoms with Gasteiger partial charge < -0.3 is 9.64 Å². The second-order valence-corrected chi connectivity index (χ2v) is 8.72. The molecule has 1 aliphatic carbocycles. The van der Waals surface area contributed by atoms with Crippen LogP contribution in [0.25, 0.3) is 11.1 Å². The standard InChI is InChI=1S/C26H34N2O2/c1-3-20-4-12-24(13-5-20)27-16-18-28(19-17-27)25-14-10-22(11-15-25)21-6-8-23(9-7-21)26(29)30-2/h6-11,14-15,20,24H,3-5,12-13,16-19H2,1-2H3/t20-,24+. The van der Waals surface area contributed by atoms with Crippen molar-refractivity contribution >= 4 is 11.7 Å². The van der Waals surface area contributed by atoms with E-state index in [-0.39, 0.29) is 5.97 Å². The van der Waals surface area contributed by atoms with Crippen molar-refractivity contribution < 1.29 is 9.53 Å². The van der Waals surface area contributed by atoms with Crippen LogP contribution in [0.1, 0.15) is 49.4 Å². The number of rotatable bonds is 5. The number of anilines is 1. The lowest BCUT2D eigenvalue weighted by Crippen LogP contribution is -2.51. The Morgan fingerprint density at radius 3 is 1.97 bits per heavy atom. The van der Waals surface area contributed by atoms with Crippen molar-refractivity contribution in [1.29, 1.82) is 0 Å². The van der Waals surface area contributed by atoms with Gasteiger partial charge in [0.15, 0.2) is 0 Å². The molecule has 1 saturated carbocycles. The maximum Gasteiger partial charge on any atom is 0.337 e. The third-order valence-electron chi connectivity index (χ3n) is 7.10. The molecule has 2 fully saturated rings. The zero-order chi connectivity index (χ0) is 20.9. The van der Waals surface area contributed by atoms with Crippen LogP contribution in [0.15, 0.2) is 48.5 Å². The van der Waals surface area contributed by atoms with Gasteiger partial charge in [0.25, 0.3) is 0 Å². The first-order valence-corrected chi connectivity index (χ1v) is 11.5. The smallest absolute Gasteiger partial charge is 0.337 e. The highest BCUT2D eigenvalue weighted by molar-refractivity contribution is 5.90. The summed E-state index contributed by atoms with van der Waals surface area (Å²) in [7, 11) is 1.41. The van der Waals surface area contributed by atoms with E-state index in [0.29, 0.717) is 5.56 Å². The number of carbonyl (C=O) groups excluding carboxylic acids is 1. The number of piperazine rings is 1. The SMILES string of the molecule is CC[C@H]1CC[C@@H](N2CCN(c3ccc(-c4ccc(C(=O)OC)cc4)cc3)CC2)CC1. The maximum atomic E-state index is 11.6. The quantitative estimate of drug-likeness (QED) is 0.637. The summed E-state index contributed by atoms with van der Waals surface area (Å²) in [5, 5.41) is 0. The van der Waals surface area contributed by atoms with E-state index in [2.05, 4.69) is 41.0 Å². The summed E-state index contributed by atoms with van der Waals surface area (Å²) in [5.74, 6) is 0.673. The van der Waals surface area contributed by atoms with Crippen LogP contribution in [-0.2, 0) is 4.74 Å². The largest absolute Gasteiger partial charge is 0.465 e. The van der Waals surface area contributed by atoms with Crippen LogP contribution < -0.4 is 4.90 Å². The van der Waals surface area contributed by atoms with Gasteiger partial charge in [0, 0.05) is 37.9 Å². The van der Waals surface area contributed by atoms with E-state index in [0.717, 1.165) is 30.6 Å². The van der Waals surface area contributed by atoms with Crippen molar-refractivity contribution in [3.05, 3.63) is 54.1 Å². The monoisotopic (exact) mass is 406 g/mol. The summed E-state index contributed by atoms with van der Waals surface area (Å²) in [4.78, 5) is 16.9. The van der Waals surface area contributed by atoms with E-state index in [1.165, 1.54) is 63.6 Å². The zero-order valence-corrected chi connectivity index (χ0v) is 18.3. The molecule has 2 aromatic carbocycles. The minimum Gasteiger partial charge on any atom is -0.465 e.